The number of nitro groups is 1. The number of ether oxygens (including phenoxy) is 1. The highest BCUT2D eigenvalue weighted by atomic mass is 127. The van der Waals surface area contributed by atoms with E-state index in [2.05, 4.69) is 0 Å². The molecule has 1 fully saturated rings. The van der Waals surface area contributed by atoms with E-state index in [4.69, 9.17) is 4.74 Å². The van der Waals surface area contributed by atoms with Gasteiger partial charge in [-0.2, -0.15) is 0 Å². The number of methoxy groups -OCH3 is 1. The van der Waals surface area contributed by atoms with Crippen LogP contribution in [0.2, 0.25) is 0 Å². The Balaban J connectivity index is 1.82. The molecule has 0 radical (unpaired) electrons. The number of carbonyl (C=O) groups is 2. The van der Waals surface area contributed by atoms with Crippen LogP contribution < -0.4 is 4.74 Å². The summed E-state index contributed by atoms with van der Waals surface area (Å²) >= 11 is 2.76. The molecule has 3 rings (SSSR count). The Labute approximate surface area is 177 Å². The van der Waals surface area contributed by atoms with Crippen molar-refractivity contribution in [2.24, 2.45) is 0 Å². The number of nitrogens with zero attached hydrogens (tertiary/aromatic N) is 2. The number of benzene rings is 2. The average molecular weight is 512 g/mol. The molecule has 144 valence electrons. The van der Waals surface area contributed by atoms with Crippen LogP contribution in [0.5, 0.6) is 11.5 Å². The van der Waals surface area contributed by atoms with Crippen LogP contribution in [0.3, 0.4) is 0 Å². The number of nitro benzene ring substituents is 1. The van der Waals surface area contributed by atoms with Crippen LogP contribution in [-0.2, 0) is 11.3 Å². The standard InChI is InChI=1S/C18H13IN2O6S/c1-27-14-7-11(6-13(19)16(14)22)8-15-17(23)20(18(24)28-15)9-10-2-4-12(5-3-10)21(25)26/h2-8,22H,9H2,1H3. The predicted octanol–water partition coefficient (Wildman–Crippen LogP) is 4.15. The molecule has 1 heterocycles. The van der Waals surface area contributed by atoms with Crippen LogP contribution in [-0.4, -0.2) is 33.2 Å². The van der Waals surface area contributed by atoms with E-state index in [0.717, 1.165) is 16.7 Å². The Morgan fingerprint density at radius 3 is 2.57 bits per heavy atom. The first-order chi connectivity index (χ1) is 13.3. The molecule has 0 bridgehead atoms. The quantitative estimate of drug-likeness (QED) is 0.278. The summed E-state index contributed by atoms with van der Waals surface area (Å²) < 4.78 is 5.65. The fourth-order valence-electron chi connectivity index (χ4n) is 2.53. The molecular formula is C18H13IN2O6S. The molecule has 1 saturated heterocycles. The fraction of sp³-hybridized carbons (Fsp3) is 0.111. The van der Waals surface area contributed by atoms with Gasteiger partial charge in [-0.1, -0.05) is 12.1 Å². The van der Waals surface area contributed by atoms with Crippen LogP contribution in [0.4, 0.5) is 10.5 Å². The Hall–Kier alpha value is -2.60. The maximum atomic E-state index is 12.6. The van der Waals surface area contributed by atoms with Crippen molar-refractivity contribution in [1.82, 2.24) is 4.90 Å². The molecule has 2 amide bonds. The number of thioether (sulfide) groups is 1. The monoisotopic (exact) mass is 512 g/mol. The van der Waals surface area contributed by atoms with E-state index < -0.39 is 16.1 Å². The molecular weight excluding hydrogens is 499 g/mol. The summed E-state index contributed by atoms with van der Waals surface area (Å²) in [4.78, 5) is 36.4. The van der Waals surface area contributed by atoms with Crippen molar-refractivity contribution in [2.45, 2.75) is 6.54 Å². The highest BCUT2D eigenvalue weighted by Crippen LogP contribution is 2.37. The molecule has 2 aromatic rings. The fourth-order valence-corrected chi connectivity index (χ4v) is 3.99. The molecule has 1 N–H and O–H groups in total. The Morgan fingerprint density at radius 2 is 1.96 bits per heavy atom. The number of hydrogen-bond donors (Lipinski definition) is 1. The summed E-state index contributed by atoms with van der Waals surface area (Å²) in [5, 5.41) is 20.2. The van der Waals surface area contributed by atoms with Gasteiger partial charge < -0.3 is 9.84 Å². The number of amides is 2. The molecule has 10 heteroatoms. The third kappa shape index (κ3) is 4.12. The van der Waals surface area contributed by atoms with Gasteiger partial charge in [0.1, 0.15) is 0 Å². The number of halogens is 1. The Bertz CT molecular complexity index is 1010. The summed E-state index contributed by atoms with van der Waals surface area (Å²) in [5.41, 5.74) is 1.16. The van der Waals surface area contributed by atoms with Crippen LogP contribution in [0.15, 0.2) is 41.3 Å². The average Bonchev–Trinajstić information content (AvgIpc) is 2.92. The van der Waals surface area contributed by atoms with E-state index in [1.807, 2.05) is 22.6 Å². The van der Waals surface area contributed by atoms with E-state index >= 15 is 0 Å². The molecule has 1 aliphatic heterocycles. The van der Waals surface area contributed by atoms with Crippen molar-refractivity contribution < 1.29 is 24.4 Å². The van der Waals surface area contributed by atoms with Crippen LogP contribution >= 0.6 is 34.4 Å². The Morgan fingerprint density at radius 1 is 1.29 bits per heavy atom. The summed E-state index contributed by atoms with van der Waals surface area (Å²) in [5.74, 6) is -0.176. The molecule has 0 aromatic heterocycles. The third-order valence-corrected chi connectivity index (χ3v) is 5.66. The van der Waals surface area contributed by atoms with Crippen LogP contribution in [0.1, 0.15) is 11.1 Å². The van der Waals surface area contributed by atoms with Crippen molar-refractivity contribution in [3.05, 3.63) is 66.1 Å². The zero-order valence-electron chi connectivity index (χ0n) is 14.4. The lowest BCUT2D eigenvalue weighted by atomic mass is 10.1. The molecule has 0 atom stereocenters. The van der Waals surface area contributed by atoms with Gasteiger partial charge in [-0.15, -0.1) is 0 Å². The topological polar surface area (TPSA) is 110 Å². The molecule has 0 unspecified atom stereocenters. The maximum Gasteiger partial charge on any atom is 0.293 e. The van der Waals surface area contributed by atoms with Gasteiger partial charge >= 0.3 is 0 Å². The van der Waals surface area contributed by atoms with Crippen molar-refractivity contribution in [3.8, 4) is 11.5 Å². The van der Waals surface area contributed by atoms with Crippen molar-refractivity contribution in [2.75, 3.05) is 7.11 Å². The minimum absolute atomic E-state index is 0.00604. The molecule has 0 spiro atoms. The summed E-state index contributed by atoms with van der Waals surface area (Å²) in [6, 6.07) is 8.92. The van der Waals surface area contributed by atoms with Gasteiger partial charge in [0.05, 0.1) is 27.1 Å². The highest BCUT2D eigenvalue weighted by Gasteiger charge is 2.35. The zero-order chi connectivity index (χ0) is 20.4. The molecule has 2 aromatic carbocycles. The number of imide groups is 1. The largest absolute Gasteiger partial charge is 0.504 e. The lowest BCUT2D eigenvalue weighted by molar-refractivity contribution is -0.384. The first kappa shape index (κ1) is 20.1. The second-order valence-corrected chi connectivity index (χ2v) is 7.90. The van der Waals surface area contributed by atoms with Crippen LogP contribution in [0.25, 0.3) is 6.08 Å². The van der Waals surface area contributed by atoms with E-state index in [9.17, 15) is 24.8 Å². The molecule has 28 heavy (non-hydrogen) atoms. The van der Waals surface area contributed by atoms with Crippen LogP contribution in [0, 0.1) is 13.7 Å². The van der Waals surface area contributed by atoms with E-state index in [1.54, 1.807) is 18.2 Å². The molecule has 0 saturated carbocycles. The van der Waals surface area contributed by atoms with Gasteiger partial charge in [-0.05, 0) is 63.7 Å². The van der Waals surface area contributed by atoms with Crippen molar-refractivity contribution in [3.63, 3.8) is 0 Å². The highest BCUT2D eigenvalue weighted by molar-refractivity contribution is 14.1. The number of phenolic OH excluding ortho intramolecular Hbond substituents is 1. The number of hydrogen-bond acceptors (Lipinski definition) is 7. The first-order valence-electron chi connectivity index (χ1n) is 7.85. The van der Waals surface area contributed by atoms with Gasteiger partial charge in [0.25, 0.3) is 16.8 Å². The van der Waals surface area contributed by atoms with E-state index in [0.29, 0.717) is 14.7 Å². The zero-order valence-corrected chi connectivity index (χ0v) is 17.4. The number of aromatic hydroxyl groups is 1. The first-order valence-corrected chi connectivity index (χ1v) is 9.75. The number of carbonyl (C=O) groups excluding carboxylic acids is 2. The molecule has 0 aliphatic carbocycles. The SMILES string of the molecule is COc1cc(C=C2SC(=O)N(Cc3ccc([N+](=O)[O-])cc3)C2=O)cc(I)c1O. The van der Waals surface area contributed by atoms with E-state index in [-0.39, 0.29) is 28.6 Å². The number of rotatable bonds is 5. The lowest BCUT2D eigenvalue weighted by Gasteiger charge is -2.12. The number of non-ortho nitro benzene ring substituents is 1. The van der Waals surface area contributed by atoms with Crippen molar-refractivity contribution in [1.29, 1.82) is 0 Å². The Kier molecular flexibility index (Phi) is 5.89. The lowest BCUT2D eigenvalue weighted by Crippen LogP contribution is -2.27. The van der Waals surface area contributed by atoms with Crippen molar-refractivity contribution >= 4 is 57.3 Å². The van der Waals surface area contributed by atoms with Gasteiger partial charge in [0.15, 0.2) is 11.5 Å². The minimum Gasteiger partial charge on any atom is -0.504 e. The third-order valence-electron chi connectivity index (χ3n) is 3.93. The summed E-state index contributed by atoms with van der Waals surface area (Å²) in [6.07, 6.45) is 1.56. The molecule has 8 nitrogen and oxygen atoms in total. The maximum absolute atomic E-state index is 12.6. The second kappa shape index (κ2) is 8.19. The summed E-state index contributed by atoms with van der Waals surface area (Å²) in [6.45, 7) is 0.0242. The van der Waals surface area contributed by atoms with Gasteiger partial charge in [0, 0.05) is 12.1 Å². The number of phenols is 1. The minimum atomic E-state index is -0.514. The summed E-state index contributed by atoms with van der Waals surface area (Å²) in [7, 11) is 1.42. The van der Waals surface area contributed by atoms with Gasteiger partial charge in [-0.25, -0.2) is 0 Å². The normalized spacial score (nSPS) is 15.4. The predicted molar refractivity (Wildman–Crippen MR) is 112 cm³/mol. The van der Waals surface area contributed by atoms with Gasteiger partial charge in [-0.3, -0.25) is 24.6 Å². The molecule has 1 aliphatic rings. The smallest absolute Gasteiger partial charge is 0.293 e. The van der Waals surface area contributed by atoms with E-state index in [1.165, 1.54) is 31.4 Å². The second-order valence-electron chi connectivity index (χ2n) is 5.75. The van der Waals surface area contributed by atoms with Gasteiger partial charge in [0.2, 0.25) is 0 Å².